The average Bonchev–Trinajstić information content (AvgIpc) is 3.23. The van der Waals surface area contributed by atoms with Crippen molar-refractivity contribution in [2.75, 3.05) is 25.0 Å². The molecule has 2 fully saturated rings. The number of carbonyl (C=O) groups excluding carboxylic acids is 2. The zero-order valence-electron chi connectivity index (χ0n) is 14.7. The zero-order chi connectivity index (χ0) is 18.9. The maximum Gasteiger partial charge on any atom is 0.321 e. The van der Waals surface area contributed by atoms with Gasteiger partial charge in [0.25, 0.3) is 0 Å². The highest BCUT2D eigenvalue weighted by Crippen LogP contribution is 2.36. The normalized spacial score (nSPS) is 21.4. The molecule has 0 bridgehead atoms. The number of hydrogen-bond donors (Lipinski definition) is 2. The summed E-state index contributed by atoms with van der Waals surface area (Å²) in [6, 6.07) is 14.2. The van der Waals surface area contributed by atoms with Crippen LogP contribution in [0.4, 0.5) is 10.5 Å². The highest BCUT2D eigenvalue weighted by Gasteiger charge is 2.45. The van der Waals surface area contributed by atoms with E-state index in [2.05, 4.69) is 10.6 Å². The predicted molar refractivity (Wildman–Crippen MR) is 103 cm³/mol. The van der Waals surface area contributed by atoms with E-state index in [-0.39, 0.29) is 17.4 Å². The molecule has 6 nitrogen and oxygen atoms in total. The second-order valence-electron chi connectivity index (χ2n) is 7.14. The van der Waals surface area contributed by atoms with E-state index in [1.54, 1.807) is 41.3 Å². The van der Waals surface area contributed by atoms with Crippen molar-refractivity contribution in [2.24, 2.45) is 5.41 Å². The van der Waals surface area contributed by atoms with Gasteiger partial charge >= 0.3 is 6.03 Å². The fourth-order valence-electron chi connectivity index (χ4n) is 3.62. The van der Waals surface area contributed by atoms with Crippen LogP contribution in [-0.4, -0.2) is 36.5 Å². The molecule has 3 amide bonds. The maximum atomic E-state index is 12.5. The van der Waals surface area contributed by atoms with E-state index < -0.39 is 0 Å². The largest absolute Gasteiger partial charge is 0.457 e. The van der Waals surface area contributed by atoms with Gasteiger partial charge in [-0.05, 0) is 48.9 Å². The Bertz CT molecular complexity index is 871. The Morgan fingerprint density at radius 1 is 1.19 bits per heavy atom. The summed E-state index contributed by atoms with van der Waals surface area (Å²) in [7, 11) is 0. The fourth-order valence-corrected chi connectivity index (χ4v) is 3.80. The van der Waals surface area contributed by atoms with Crippen LogP contribution in [0.25, 0.3) is 0 Å². The summed E-state index contributed by atoms with van der Waals surface area (Å²) < 4.78 is 5.75. The molecule has 0 aliphatic carbocycles. The summed E-state index contributed by atoms with van der Waals surface area (Å²) in [6.45, 7) is 1.93. The number of likely N-dealkylation sites (tertiary alicyclic amines) is 1. The molecule has 1 spiro atoms. The molecule has 2 aromatic carbocycles. The number of urea groups is 1. The van der Waals surface area contributed by atoms with Crippen molar-refractivity contribution in [3.8, 4) is 11.5 Å². The van der Waals surface area contributed by atoms with Crippen molar-refractivity contribution >= 4 is 29.2 Å². The van der Waals surface area contributed by atoms with Gasteiger partial charge in [0.05, 0.1) is 0 Å². The van der Waals surface area contributed by atoms with Crippen LogP contribution < -0.4 is 15.4 Å². The van der Waals surface area contributed by atoms with Gasteiger partial charge in [-0.15, -0.1) is 0 Å². The molecule has 2 heterocycles. The number of anilines is 1. The Kier molecular flexibility index (Phi) is 4.66. The molecule has 27 heavy (non-hydrogen) atoms. The quantitative estimate of drug-likeness (QED) is 0.842. The van der Waals surface area contributed by atoms with Crippen LogP contribution >= 0.6 is 11.6 Å². The van der Waals surface area contributed by atoms with Gasteiger partial charge in [-0.2, -0.15) is 0 Å². The van der Waals surface area contributed by atoms with Gasteiger partial charge in [-0.3, -0.25) is 4.79 Å². The third-order valence-corrected chi connectivity index (χ3v) is 5.29. The minimum Gasteiger partial charge on any atom is -0.457 e. The Morgan fingerprint density at radius 2 is 2.00 bits per heavy atom. The molecule has 1 atom stereocenters. The minimum absolute atomic E-state index is 0.0764. The van der Waals surface area contributed by atoms with Crippen molar-refractivity contribution in [2.45, 2.75) is 12.8 Å². The van der Waals surface area contributed by atoms with Crippen LogP contribution in [0.2, 0.25) is 5.02 Å². The van der Waals surface area contributed by atoms with Gasteiger partial charge in [-0.1, -0.05) is 17.7 Å². The first-order valence-electron chi connectivity index (χ1n) is 8.88. The standard InChI is InChI=1S/C20H20ClN3O3/c21-14-2-1-3-17(10-14)27-16-6-4-15(5-7-16)23-19(26)24-9-8-20(13-24)11-18(25)22-12-20/h1-7,10H,8-9,11-13H2,(H,22,25)(H,23,26). The fraction of sp³-hybridized carbons (Fsp3) is 0.300. The number of halogens is 1. The molecule has 2 aromatic rings. The summed E-state index contributed by atoms with van der Waals surface area (Å²) in [5.41, 5.74) is 0.600. The van der Waals surface area contributed by atoms with Crippen molar-refractivity contribution < 1.29 is 14.3 Å². The smallest absolute Gasteiger partial charge is 0.321 e. The first kappa shape index (κ1) is 17.7. The first-order chi connectivity index (χ1) is 13.0. The van der Waals surface area contributed by atoms with Crippen LogP contribution in [0.3, 0.4) is 0 Å². The average molecular weight is 386 g/mol. The van der Waals surface area contributed by atoms with E-state index >= 15 is 0 Å². The number of carbonyl (C=O) groups is 2. The van der Waals surface area contributed by atoms with Gasteiger partial charge < -0.3 is 20.3 Å². The summed E-state index contributed by atoms with van der Waals surface area (Å²) in [5.74, 6) is 1.39. The predicted octanol–water partition coefficient (Wildman–Crippen LogP) is 3.88. The monoisotopic (exact) mass is 385 g/mol. The number of rotatable bonds is 3. The van der Waals surface area contributed by atoms with Gasteiger partial charge in [0.15, 0.2) is 0 Å². The molecule has 140 valence electrons. The summed E-state index contributed by atoms with van der Waals surface area (Å²) in [4.78, 5) is 25.8. The van der Waals surface area contributed by atoms with Gasteiger partial charge in [0.2, 0.25) is 5.91 Å². The summed E-state index contributed by atoms with van der Waals surface area (Å²) in [5, 5.41) is 6.39. The summed E-state index contributed by atoms with van der Waals surface area (Å²) in [6.07, 6.45) is 1.36. The molecule has 1 unspecified atom stereocenters. The third-order valence-electron chi connectivity index (χ3n) is 5.06. The molecule has 7 heteroatoms. The number of benzene rings is 2. The Balaban J connectivity index is 1.34. The Morgan fingerprint density at radius 3 is 2.70 bits per heavy atom. The Labute approximate surface area is 162 Å². The van der Waals surface area contributed by atoms with E-state index in [1.807, 2.05) is 12.1 Å². The van der Waals surface area contributed by atoms with Crippen LogP contribution in [0.5, 0.6) is 11.5 Å². The minimum atomic E-state index is -0.144. The van der Waals surface area contributed by atoms with Crippen molar-refractivity contribution in [3.63, 3.8) is 0 Å². The van der Waals surface area contributed by atoms with Crippen LogP contribution in [0, 0.1) is 5.41 Å². The number of hydrogen-bond acceptors (Lipinski definition) is 3. The molecule has 0 saturated carbocycles. The second-order valence-corrected chi connectivity index (χ2v) is 7.58. The molecule has 0 aromatic heterocycles. The lowest BCUT2D eigenvalue weighted by Gasteiger charge is -2.22. The lowest BCUT2D eigenvalue weighted by molar-refractivity contribution is -0.119. The molecule has 2 saturated heterocycles. The number of ether oxygens (including phenoxy) is 1. The molecule has 0 radical (unpaired) electrons. The van der Waals surface area contributed by atoms with Crippen LogP contribution in [-0.2, 0) is 4.79 Å². The van der Waals surface area contributed by atoms with Gasteiger partial charge in [-0.25, -0.2) is 4.79 Å². The number of nitrogens with one attached hydrogen (secondary N) is 2. The highest BCUT2D eigenvalue weighted by molar-refractivity contribution is 6.30. The van der Waals surface area contributed by atoms with Gasteiger partial charge in [0.1, 0.15) is 11.5 Å². The number of amides is 3. The summed E-state index contributed by atoms with van der Waals surface area (Å²) >= 11 is 5.95. The van der Waals surface area contributed by atoms with E-state index in [9.17, 15) is 9.59 Å². The maximum absolute atomic E-state index is 12.5. The molecular weight excluding hydrogens is 366 g/mol. The number of nitrogens with zero attached hydrogens (tertiary/aromatic N) is 1. The van der Waals surface area contributed by atoms with E-state index in [0.717, 1.165) is 6.42 Å². The topological polar surface area (TPSA) is 70.7 Å². The van der Waals surface area contributed by atoms with Crippen molar-refractivity contribution in [1.29, 1.82) is 0 Å². The van der Waals surface area contributed by atoms with Crippen molar-refractivity contribution in [3.05, 3.63) is 53.6 Å². The van der Waals surface area contributed by atoms with E-state index in [0.29, 0.717) is 48.3 Å². The second kappa shape index (κ2) is 7.12. The molecule has 4 rings (SSSR count). The van der Waals surface area contributed by atoms with E-state index in [1.165, 1.54) is 0 Å². The Hall–Kier alpha value is -2.73. The lowest BCUT2D eigenvalue weighted by atomic mass is 9.86. The zero-order valence-corrected chi connectivity index (χ0v) is 15.5. The van der Waals surface area contributed by atoms with E-state index in [4.69, 9.17) is 16.3 Å². The SMILES string of the molecule is O=C1CC2(CCN(C(=O)Nc3ccc(Oc4cccc(Cl)c4)cc3)C2)CN1. The van der Waals surface area contributed by atoms with Crippen LogP contribution in [0.1, 0.15) is 12.8 Å². The third kappa shape index (κ3) is 4.01. The van der Waals surface area contributed by atoms with Gasteiger partial charge in [0, 0.05) is 42.2 Å². The molecule has 2 aliphatic rings. The molecule has 2 N–H and O–H groups in total. The van der Waals surface area contributed by atoms with Crippen molar-refractivity contribution in [1.82, 2.24) is 10.2 Å². The lowest BCUT2D eigenvalue weighted by Crippen LogP contribution is -2.36. The first-order valence-corrected chi connectivity index (χ1v) is 9.25. The molecule has 2 aliphatic heterocycles. The molecular formula is C20H20ClN3O3. The highest BCUT2D eigenvalue weighted by atomic mass is 35.5. The van der Waals surface area contributed by atoms with Crippen LogP contribution in [0.15, 0.2) is 48.5 Å².